The Bertz CT molecular complexity index is 2530. The summed E-state index contributed by atoms with van der Waals surface area (Å²) < 4.78 is 2.69. The van der Waals surface area contributed by atoms with Gasteiger partial charge in [-0.05, 0) is 98.4 Å². The summed E-state index contributed by atoms with van der Waals surface area (Å²) in [5, 5.41) is 7.76. The monoisotopic (exact) mass is 603 g/mol. The van der Waals surface area contributed by atoms with E-state index in [0.29, 0.717) is 0 Å². The maximum atomic E-state index is 2.36. The Morgan fingerprint density at radius 1 is 0.326 bits per heavy atom. The van der Waals surface area contributed by atoms with Crippen LogP contribution in [0.25, 0.3) is 64.0 Å². The van der Waals surface area contributed by atoms with E-state index in [1.54, 1.807) is 0 Å². The molecule has 0 fully saturated rings. The highest BCUT2D eigenvalue weighted by molar-refractivity contribution is 7.26. The normalized spacial score (nSPS) is 11.5. The van der Waals surface area contributed by atoms with Gasteiger partial charge in [-0.1, -0.05) is 121 Å². The van der Waals surface area contributed by atoms with Gasteiger partial charge in [-0.2, -0.15) is 0 Å². The highest BCUT2D eigenvalue weighted by Gasteiger charge is 2.15. The van der Waals surface area contributed by atoms with Gasteiger partial charge in [0, 0.05) is 37.2 Å². The molecular formula is C44H29NS. The van der Waals surface area contributed by atoms with Crippen molar-refractivity contribution < 1.29 is 0 Å². The van der Waals surface area contributed by atoms with Crippen LogP contribution >= 0.6 is 11.3 Å². The van der Waals surface area contributed by atoms with Crippen LogP contribution in [0.5, 0.6) is 0 Å². The van der Waals surface area contributed by atoms with Crippen molar-refractivity contribution in [1.29, 1.82) is 0 Å². The summed E-state index contributed by atoms with van der Waals surface area (Å²) in [4.78, 5) is 2.36. The molecule has 1 aromatic heterocycles. The zero-order valence-corrected chi connectivity index (χ0v) is 25.9. The van der Waals surface area contributed by atoms with E-state index in [2.05, 4.69) is 181 Å². The van der Waals surface area contributed by atoms with E-state index in [1.807, 2.05) is 11.3 Å². The van der Waals surface area contributed by atoms with E-state index in [0.717, 1.165) is 17.1 Å². The van der Waals surface area contributed by atoms with Crippen LogP contribution in [0.1, 0.15) is 0 Å². The summed E-state index contributed by atoms with van der Waals surface area (Å²) in [6.07, 6.45) is 0. The average molecular weight is 604 g/mol. The first-order valence-corrected chi connectivity index (χ1v) is 16.5. The zero-order valence-electron chi connectivity index (χ0n) is 25.1. The third kappa shape index (κ3) is 4.63. The topological polar surface area (TPSA) is 3.24 Å². The van der Waals surface area contributed by atoms with E-state index in [-0.39, 0.29) is 0 Å². The van der Waals surface area contributed by atoms with E-state index in [9.17, 15) is 0 Å². The van der Waals surface area contributed by atoms with E-state index < -0.39 is 0 Å². The smallest absolute Gasteiger partial charge is 0.0468 e. The Morgan fingerprint density at radius 3 is 1.87 bits per heavy atom. The second-order valence-corrected chi connectivity index (χ2v) is 12.9. The molecule has 46 heavy (non-hydrogen) atoms. The fraction of sp³-hybridized carbons (Fsp3) is 0. The molecule has 0 unspecified atom stereocenters. The molecule has 1 nitrogen and oxygen atoms in total. The van der Waals surface area contributed by atoms with E-state index >= 15 is 0 Å². The van der Waals surface area contributed by atoms with Gasteiger partial charge in [0.05, 0.1) is 0 Å². The van der Waals surface area contributed by atoms with Gasteiger partial charge in [0.1, 0.15) is 0 Å². The lowest BCUT2D eigenvalue weighted by molar-refractivity contribution is 1.29. The van der Waals surface area contributed by atoms with Gasteiger partial charge >= 0.3 is 0 Å². The highest BCUT2D eigenvalue weighted by Crippen LogP contribution is 2.41. The zero-order chi connectivity index (χ0) is 30.5. The number of hydrogen-bond acceptors (Lipinski definition) is 2. The number of benzene rings is 8. The summed E-state index contributed by atoms with van der Waals surface area (Å²) in [6.45, 7) is 0. The van der Waals surface area contributed by atoms with Crippen LogP contribution in [0.3, 0.4) is 0 Å². The van der Waals surface area contributed by atoms with Crippen molar-refractivity contribution in [2.75, 3.05) is 4.90 Å². The lowest BCUT2D eigenvalue weighted by Gasteiger charge is -2.26. The Morgan fingerprint density at radius 2 is 0.978 bits per heavy atom. The molecule has 0 saturated carbocycles. The lowest BCUT2D eigenvalue weighted by atomic mass is 9.98. The third-order valence-corrected chi connectivity index (χ3v) is 10.2. The highest BCUT2D eigenvalue weighted by atomic mass is 32.1. The number of nitrogens with zero attached hydrogens (tertiary/aromatic N) is 1. The number of thiophene rings is 1. The van der Waals surface area contributed by atoms with E-state index in [4.69, 9.17) is 0 Å². The molecule has 9 aromatic rings. The summed E-state index contributed by atoms with van der Waals surface area (Å²) in [5.41, 5.74) is 8.22. The fourth-order valence-electron chi connectivity index (χ4n) is 6.75. The van der Waals surface area contributed by atoms with Crippen LogP contribution in [-0.4, -0.2) is 0 Å². The molecule has 0 aliphatic carbocycles. The quantitative estimate of drug-likeness (QED) is 0.189. The van der Waals surface area contributed by atoms with Crippen LogP contribution in [-0.2, 0) is 0 Å². The molecule has 0 aliphatic heterocycles. The number of anilines is 3. The summed E-state index contributed by atoms with van der Waals surface area (Å²) in [5.74, 6) is 0. The first kappa shape index (κ1) is 26.7. The second-order valence-electron chi connectivity index (χ2n) is 11.8. The van der Waals surface area contributed by atoms with Gasteiger partial charge in [-0.3, -0.25) is 0 Å². The van der Waals surface area contributed by atoms with Crippen LogP contribution in [0.4, 0.5) is 17.1 Å². The van der Waals surface area contributed by atoms with Crippen molar-refractivity contribution >= 4 is 70.1 Å². The molecule has 0 radical (unpaired) electrons. The van der Waals surface area contributed by atoms with Crippen molar-refractivity contribution in [3.63, 3.8) is 0 Å². The second kappa shape index (κ2) is 11.0. The molecular weight excluding hydrogens is 575 g/mol. The summed E-state index contributed by atoms with van der Waals surface area (Å²) in [7, 11) is 0. The van der Waals surface area contributed by atoms with Crippen molar-refractivity contribution in [1.82, 2.24) is 0 Å². The first-order valence-electron chi connectivity index (χ1n) is 15.7. The largest absolute Gasteiger partial charge is 0.310 e. The maximum absolute atomic E-state index is 2.36. The summed E-state index contributed by atoms with van der Waals surface area (Å²) >= 11 is 1.87. The SMILES string of the molecule is c1ccc(-c2cccc(N(c3ccc(-c4ccc5c(ccc6sc7ccccc7c65)c4)cc3)c3ccc4ccccc4c3)c2)cc1. The molecule has 0 atom stereocenters. The minimum absolute atomic E-state index is 1.12. The fourth-order valence-corrected chi connectivity index (χ4v) is 7.88. The number of fused-ring (bicyclic) bond motifs is 6. The van der Waals surface area contributed by atoms with Crippen LogP contribution in [0, 0.1) is 0 Å². The van der Waals surface area contributed by atoms with Gasteiger partial charge in [0.2, 0.25) is 0 Å². The third-order valence-electron chi connectivity index (χ3n) is 9.02. The van der Waals surface area contributed by atoms with Gasteiger partial charge in [0.25, 0.3) is 0 Å². The van der Waals surface area contributed by atoms with Gasteiger partial charge in [-0.25, -0.2) is 0 Å². The molecule has 0 aliphatic rings. The first-order chi connectivity index (χ1) is 22.8. The average Bonchev–Trinajstić information content (AvgIpc) is 3.52. The molecule has 1 heterocycles. The summed E-state index contributed by atoms with van der Waals surface area (Å²) in [6, 6.07) is 63.9. The number of rotatable bonds is 5. The van der Waals surface area contributed by atoms with Gasteiger partial charge in [-0.15, -0.1) is 11.3 Å². The van der Waals surface area contributed by atoms with Crippen LogP contribution < -0.4 is 4.90 Å². The Balaban J connectivity index is 1.13. The van der Waals surface area contributed by atoms with Crippen LogP contribution in [0.15, 0.2) is 176 Å². The minimum Gasteiger partial charge on any atom is -0.310 e. The molecule has 0 amide bonds. The van der Waals surface area contributed by atoms with Crippen molar-refractivity contribution in [3.05, 3.63) is 176 Å². The Hall–Kier alpha value is -5.70. The Kier molecular flexibility index (Phi) is 6.40. The van der Waals surface area contributed by atoms with Gasteiger partial charge < -0.3 is 4.90 Å². The van der Waals surface area contributed by atoms with Gasteiger partial charge in [0.15, 0.2) is 0 Å². The molecule has 0 spiro atoms. The van der Waals surface area contributed by atoms with Crippen molar-refractivity contribution in [3.8, 4) is 22.3 Å². The predicted octanol–water partition coefficient (Wildman–Crippen LogP) is 13.2. The van der Waals surface area contributed by atoms with Crippen molar-refractivity contribution in [2.24, 2.45) is 0 Å². The van der Waals surface area contributed by atoms with E-state index in [1.165, 1.54) is 64.0 Å². The molecule has 8 aromatic carbocycles. The maximum Gasteiger partial charge on any atom is 0.0468 e. The predicted molar refractivity (Wildman–Crippen MR) is 200 cm³/mol. The van der Waals surface area contributed by atoms with Crippen LogP contribution in [0.2, 0.25) is 0 Å². The molecule has 9 rings (SSSR count). The standard InChI is InChI=1S/C44H29NS/c1-2-9-30(10-3-1)34-13-8-14-38(28-34)45(39-24-19-31-11-4-5-12-33(31)29-39)37-22-17-32(18-23-37)35-20-25-40-36(27-35)21-26-43-44(40)41-15-6-7-16-42(41)46-43/h1-29H. The molecule has 0 N–H and O–H groups in total. The molecule has 0 saturated heterocycles. The molecule has 0 bridgehead atoms. The van der Waals surface area contributed by atoms with Crippen molar-refractivity contribution in [2.45, 2.75) is 0 Å². The lowest BCUT2D eigenvalue weighted by Crippen LogP contribution is -2.10. The Labute approximate surface area is 272 Å². The molecule has 2 heteroatoms. The molecule has 216 valence electrons. The number of hydrogen-bond donors (Lipinski definition) is 0. The minimum atomic E-state index is 1.12.